The van der Waals surface area contributed by atoms with Gasteiger partial charge in [-0.3, -0.25) is 14.5 Å². The number of aryl methyl sites for hydroxylation is 1. The number of hydrogen-bond acceptors (Lipinski definition) is 4. The highest BCUT2D eigenvalue weighted by Crippen LogP contribution is 2.42. The van der Waals surface area contributed by atoms with Crippen molar-refractivity contribution in [3.05, 3.63) is 35.4 Å². The molecule has 4 amide bonds. The molecule has 2 atom stereocenters. The maximum atomic E-state index is 13.1. The molecule has 4 rings (SSSR count). The van der Waals surface area contributed by atoms with Crippen LogP contribution in [-0.2, 0) is 16.0 Å². The Morgan fingerprint density at radius 3 is 2.57 bits per heavy atom. The summed E-state index contributed by atoms with van der Waals surface area (Å²) >= 11 is 0. The van der Waals surface area contributed by atoms with E-state index in [1.54, 1.807) is 11.8 Å². The molecule has 28 heavy (non-hydrogen) atoms. The molecule has 2 aliphatic heterocycles. The van der Waals surface area contributed by atoms with Crippen LogP contribution in [0.25, 0.3) is 0 Å². The van der Waals surface area contributed by atoms with Crippen LogP contribution in [0.2, 0.25) is 0 Å². The van der Waals surface area contributed by atoms with Gasteiger partial charge < -0.3 is 15.5 Å². The van der Waals surface area contributed by atoms with Gasteiger partial charge in [-0.05, 0) is 43.2 Å². The van der Waals surface area contributed by atoms with Crippen LogP contribution in [-0.4, -0.2) is 59.4 Å². The van der Waals surface area contributed by atoms with Crippen molar-refractivity contribution in [1.82, 2.24) is 20.4 Å². The van der Waals surface area contributed by atoms with Gasteiger partial charge in [0.2, 0.25) is 5.91 Å². The van der Waals surface area contributed by atoms with E-state index in [1.807, 2.05) is 0 Å². The van der Waals surface area contributed by atoms with Gasteiger partial charge in [-0.1, -0.05) is 31.2 Å². The van der Waals surface area contributed by atoms with Crippen molar-refractivity contribution in [1.29, 1.82) is 0 Å². The summed E-state index contributed by atoms with van der Waals surface area (Å²) in [5.74, 6) is -0.269. The number of piperazine rings is 1. The Morgan fingerprint density at radius 1 is 1.21 bits per heavy atom. The molecule has 0 spiro atoms. The Bertz CT molecular complexity index is 789. The summed E-state index contributed by atoms with van der Waals surface area (Å²) in [7, 11) is 0. The van der Waals surface area contributed by atoms with E-state index in [0.717, 1.165) is 29.7 Å². The number of rotatable bonds is 5. The molecule has 150 valence electrons. The highest BCUT2D eigenvalue weighted by atomic mass is 16.2. The van der Waals surface area contributed by atoms with E-state index in [1.165, 1.54) is 5.56 Å². The number of hydrogen-bond donors (Lipinski definition) is 2. The molecule has 0 aromatic heterocycles. The van der Waals surface area contributed by atoms with E-state index in [-0.39, 0.29) is 30.3 Å². The Kier molecular flexibility index (Phi) is 4.87. The number of amides is 4. The van der Waals surface area contributed by atoms with Crippen molar-refractivity contribution in [2.45, 2.75) is 44.7 Å². The van der Waals surface area contributed by atoms with Crippen LogP contribution in [0.4, 0.5) is 4.79 Å². The van der Waals surface area contributed by atoms with Gasteiger partial charge in [-0.2, -0.15) is 0 Å². The molecule has 1 aromatic carbocycles. The van der Waals surface area contributed by atoms with Crippen LogP contribution in [0, 0.1) is 5.92 Å². The van der Waals surface area contributed by atoms with E-state index in [9.17, 15) is 14.4 Å². The zero-order valence-electron chi connectivity index (χ0n) is 16.5. The van der Waals surface area contributed by atoms with Gasteiger partial charge in [0.05, 0.1) is 6.04 Å². The number of carbonyl (C=O) groups is 3. The van der Waals surface area contributed by atoms with Gasteiger partial charge >= 0.3 is 6.03 Å². The molecule has 7 heteroatoms. The summed E-state index contributed by atoms with van der Waals surface area (Å²) in [5, 5.41) is 6.15. The van der Waals surface area contributed by atoms with Crippen molar-refractivity contribution >= 4 is 17.8 Å². The second-order valence-electron chi connectivity index (χ2n) is 8.20. The van der Waals surface area contributed by atoms with Crippen LogP contribution in [0.5, 0.6) is 0 Å². The highest BCUT2D eigenvalue weighted by molar-refractivity contribution is 6.09. The zero-order valence-corrected chi connectivity index (χ0v) is 16.5. The minimum Gasteiger partial charge on any atom is -0.332 e. The average molecular weight is 384 g/mol. The number of urea groups is 1. The van der Waals surface area contributed by atoms with E-state index >= 15 is 0 Å². The maximum Gasteiger partial charge on any atom is 0.325 e. The summed E-state index contributed by atoms with van der Waals surface area (Å²) in [6, 6.07) is 7.76. The van der Waals surface area contributed by atoms with E-state index in [0.29, 0.717) is 19.6 Å². The molecule has 0 bridgehead atoms. The summed E-state index contributed by atoms with van der Waals surface area (Å²) in [6.07, 6.45) is 2.85. The fourth-order valence-corrected chi connectivity index (χ4v) is 4.30. The summed E-state index contributed by atoms with van der Waals surface area (Å²) in [4.78, 5) is 41.2. The fourth-order valence-electron chi connectivity index (χ4n) is 4.30. The summed E-state index contributed by atoms with van der Waals surface area (Å²) in [5.41, 5.74) is 1.47. The second-order valence-corrected chi connectivity index (χ2v) is 8.20. The number of nitrogens with one attached hydrogen (secondary N) is 2. The molecule has 1 saturated carbocycles. The van der Waals surface area contributed by atoms with Gasteiger partial charge in [-0.25, -0.2) is 4.79 Å². The van der Waals surface area contributed by atoms with Crippen LogP contribution < -0.4 is 10.6 Å². The Hall–Kier alpha value is -2.41. The van der Waals surface area contributed by atoms with Gasteiger partial charge in [0.1, 0.15) is 12.1 Å². The van der Waals surface area contributed by atoms with Crippen LogP contribution in [0.15, 0.2) is 24.3 Å². The van der Waals surface area contributed by atoms with Crippen LogP contribution in [0.3, 0.4) is 0 Å². The number of nitrogens with zero attached hydrogens (tertiary/aromatic N) is 2. The Morgan fingerprint density at radius 2 is 1.93 bits per heavy atom. The van der Waals surface area contributed by atoms with Gasteiger partial charge in [0, 0.05) is 19.6 Å². The molecular formula is C21H28N4O3. The van der Waals surface area contributed by atoms with Crippen LogP contribution >= 0.6 is 0 Å². The van der Waals surface area contributed by atoms with Crippen molar-refractivity contribution in [3.8, 4) is 0 Å². The molecule has 2 N–H and O–H groups in total. The predicted molar refractivity (Wildman–Crippen MR) is 105 cm³/mol. The molecule has 3 aliphatic rings. The number of carbonyl (C=O) groups excluding carboxylic acids is 3. The van der Waals surface area contributed by atoms with Gasteiger partial charge in [-0.15, -0.1) is 0 Å². The number of imide groups is 1. The van der Waals surface area contributed by atoms with Crippen molar-refractivity contribution in [2.75, 3.05) is 26.2 Å². The molecule has 0 radical (unpaired) electrons. The zero-order chi connectivity index (χ0) is 19.9. The minimum atomic E-state index is -0.851. The third-order valence-corrected chi connectivity index (χ3v) is 6.32. The monoisotopic (exact) mass is 384 g/mol. The van der Waals surface area contributed by atoms with Crippen molar-refractivity contribution in [3.63, 3.8) is 0 Å². The average Bonchev–Trinajstić information content (AvgIpc) is 3.54. The first kappa shape index (κ1) is 18.9. The summed E-state index contributed by atoms with van der Waals surface area (Å²) < 4.78 is 0. The van der Waals surface area contributed by atoms with E-state index in [2.05, 4.69) is 41.8 Å². The molecule has 1 aromatic rings. The van der Waals surface area contributed by atoms with Crippen molar-refractivity contribution in [2.24, 2.45) is 5.92 Å². The van der Waals surface area contributed by atoms with Crippen molar-refractivity contribution < 1.29 is 14.4 Å². The lowest BCUT2D eigenvalue weighted by molar-refractivity contribution is -0.141. The quantitative estimate of drug-likeness (QED) is 0.753. The highest BCUT2D eigenvalue weighted by Gasteiger charge is 2.56. The molecule has 2 saturated heterocycles. The fraction of sp³-hybridized carbons (Fsp3) is 0.571. The molecule has 3 fully saturated rings. The van der Waals surface area contributed by atoms with Gasteiger partial charge in [0.15, 0.2) is 0 Å². The minimum absolute atomic E-state index is 0.0947. The third-order valence-electron chi connectivity index (χ3n) is 6.32. The second kappa shape index (κ2) is 7.20. The third kappa shape index (κ3) is 3.28. The lowest BCUT2D eigenvalue weighted by Gasteiger charge is -2.37. The first-order valence-electron chi connectivity index (χ1n) is 10.2. The van der Waals surface area contributed by atoms with E-state index in [4.69, 9.17) is 0 Å². The standard InChI is InChI=1S/C21H28N4O3/c1-3-14-4-6-15(7-5-14)17-12-22-10-11-24(17)18(26)13-25-19(27)21(2,16-8-9-16)23-20(25)28/h4-7,16-17,22H,3,8-13H2,1-2H3,(H,23,28). The molecule has 1 aliphatic carbocycles. The molecular weight excluding hydrogens is 356 g/mol. The van der Waals surface area contributed by atoms with Crippen LogP contribution in [0.1, 0.15) is 43.9 Å². The predicted octanol–water partition coefficient (Wildman–Crippen LogP) is 1.44. The lowest BCUT2D eigenvalue weighted by Crippen LogP contribution is -2.52. The molecule has 2 heterocycles. The first-order chi connectivity index (χ1) is 13.4. The SMILES string of the molecule is CCc1ccc(C2CNCCN2C(=O)CN2C(=O)NC(C)(C3CC3)C2=O)cc1. The Balaban J connectivity index is 1.49. The van der Waals surface area contributed by atoms with E-state index < -0.39 is 11.6 Å². The smallest absolute Gasteiger partial charge is 0.325 e. The lowest BCUT2D eigenvalue weighted by atomic mass is 9.96. The number of benzene rings is 1. The largest absolute Gasteiger partial charge is 0.332 e. The normalized spacial score (nSPS) is 27.9. The molecule has 2 unspecified atom stereocenters. The summed E-state index contributed by atoms with van der Waals surface area (Å²) in [6.45, 7) is 5.62. The maximum absolute atomic E-state index is 13.1. The molecule has 7 nitrogen and oxygen atoms in total. The Labute approximate surface area is 165 Å². The first-order valence-corrected chi connectivity index (χ1v) is 10.2. The topological polar surface area (TPSA) is 81.8 Å². The van der Waals surface area contributed by atoms with Gasteiger partial charge in [0.25, 0.3) is 5.91 Å².